The van der Waals surface area contributed by atoms with Crippen LogP contribution >= 0.6 is 22.7 Å². The van der Waals surface area contributed by atoms with E-state index in [4.69, 9.17) is 0 Å². The van der Waals surface area contributed by atoms with E-state index in [1.807, 2.05) is 0 Å². The Bertz CT molecular complexity index is 1180. The third kappa shape index (κ3) is 6.25. The summed E-state index contributed by atoms with van der Waals surface area (Å²) in [6.45, 7) is 13.5. The molecule has 0 saturated heterocycles. The highest BCUT2D eigenvalue weighted by molar-refractivity contribution is 7.12. The highest BCUT2D eigenvalue weighted by Crippen LogP contribution is 2.32. The SMILES string of the molecule is CC(C)(C)c1ccc(C=Cc2cc(-c3csc(C=Cc4ccc(C(C)(C)C)cc4)c3)cs2)cc1. The van der Waals surface area contributed by atoms with Gasteiger partial charge in [-0.2, -0.15) is 0 Å². The van der Waals surface area contributed by atoms with E-state index in [-0.39, 0.29) is 10.8 Å². The molecule has 0 spiro atoms. The summed E-state index contributed by atoms with van der Waals surface area (Å²) in [5.74, 6) is 0. The zero-order valence-corrected chi connectivity index (χ0v) is 22.7. The topological polar surface area (TPSA) is 0 Å². The average molecular weight is 483 g/mol. The van der Waals surface area contributed by atoms with E-state index in [1.165, 1.54) is 43.1 Å². The predicted molar refractivity (Wildman–Crippen MR) is 156 cm³/mol. The molecule has 0 aliphatic heterocycles. The molecule has 174 valence electrons. The molecular formula is C32H34S2. The van der Waals surface area contributed by atoms with E-state index in [9.17, 15) is 0 Å². The van der Waals surface area contributed by atoms with Gasteiger partial charge < -0.3 is 0 Å². The second-order valence-electron chi connectivity index (χ2n) is 10.9. The van der Waals surface area contributed by atoms with Crippen molar-refractivity contribution in [1.82, 2.24) is 0 Å². The maximum Gasteiger partial charge on any atom is 0.0276 e. The van der Waals surface area contributed by atoms with Crippen LogP contribution in [-0.2, 0) is 10.8 Å². The van der Waals surface area contributed by atoms with Crippen molar-refractivity contribution in [2.75, 3.05) is 0 Å². The summed E-state index contributed by atoms with van der Waals surface area (Å²) in [7, 11) is 0. The van der Waals surface area contributed by atoms with Gasteiger partial charge in [-0.05, 0) is 79.3 Å². The largest absolute Gasteiger partial charge is 0.144 e. The molecule has 0 unspecified atom stereocenters. The Morgan fingerprint density at radius 1 is 0.500 bits per heavy atom. The fourth-order valence-electron chi connectivity index (χ4n) is 3.73. The smallest absolute Gasteiger partial charge is 0.0276 e. The zero-order chi connectivity index (χ0) is 24.3. The highest BCUT2D eigenvalue weighted by atomic mass is 32.1. The monoisotopic (exact) mass is 482 g/mol. The predicted octanol–water partition coefficient (Wildman–Crippen LogP) is 10.4. The lowest BCUT2D eigenvalue weighted by Gasteiger charge is -2.18. The summed E-state index contributed by atoms with van der Waals surface area (Å²) in [5, 5.41) is 4.51. The molecular weight excluding hydrogens is 448 g/mol. The minimum Gasteiger partial charge on any atom is -0.144 e. The van der Waals surface area contributed by atoms with Crippen LogP contribution in [0.4, 0.5) is 0 Å². The van der Waals surface area contributed by atoms with E-state index in [1.54, 1.807) is 22.7 Å². The minimum absolute atomic E-state index is 0.191. The van der Waals surface area contributed by atoms with Crippen LogP contribution < -0.4 is 0 Å². The summed E-state index contributed by atoms with van der Waals surface area (Å²) in [6, 6.07) is 22.3. The van der Waals surface area contributed by atoms with Crippen LogP contribution in [0.2, 0.25) is 0 Å². The molecule has 0 saturated carbocycles. The Labute approximate surface area is 213 Å². The first kappa shape index (κ1) is 24.4. The molecule has 0 aliphatic rings. The van der Waals surface area contributed by atoms with E-state index in [0.29, 0.717) is 0 Å². The van der Waals surface area contributed by atoms with E-state index in [0.717, 1.165) is 0 Å². The Hall–Kier alpha value is -2.68. The van der Waals surface area contributed by atoms with Gasteiger partial charge in [0.15, 0.2) is 0 Å². The molecule has 4 aromatic rings. The molecule has 2 aromatic heterocycles. The van der Waals surface area contributed by atoms with Gasteiger partial charge in [0, 0.05) is 9.75 Å². The molecule has 0 fully saturated rings. The van der Waals surface area contributed by atoms with Crippen LogP contribution in [-0.4, -0.2) is 0 Å². The summed E-state index contributed by atoms with van der Waals surface area (Å²) in [6.07, 6.45) is 8.84. The second kappa shape index (κ2) is 9.90. The number of benzene rings is 2. The van der Waals surface area contributed by atoms with Gasteiger partial charge in [-0.1, -0.05) is 102 Å². The van der Waals surface area contributed by atoms with Crippen LogP contribution in [0.1, 0.15) is 73.6 Å². The average Bonchev–Trinajstić information content (AvgIpc) is 3.45. The van der Waals surface area contributed by atoms with Crippen LogP contribution in [0.15, 0.2) is 71.4 Å². The van der Waals surface area contributed by atoms with Gasteiger partial charge in [-0.25, -0.2) is 0 Å². The van der Waals surface area contributed by atoms with Crippen LogP contribution in [0.5, 0.6) is 0 Å². The third-order valence-corrected chi connectivity index (χ3v) is 7.80. The Balaban J connectivity index is 1.41. The summed E-state index contributed by atoms with van der Waals surface area (Å²) >= 11 is 3.59. The molecule has 0 N–H and O–H groups in total. The quantitative estimate of drug-likeness (QED) is 0.265. The van der Waals surface area contributed by atoms with Gasteiger partial charge in [-0.15, -0.1) is 22.7 Å². The lowest BCUT2D eigenvalue weighted by atomic mass is 9.87. The van der Waals surface area contributed by atoms with Crippen LogP contribution in [0.25, 0.3) is 35.4 Å². The third-order valence-electron chi connectivity index (χ3n) is 6.01. The molecule has 2 heteroatoms. The minimum atomic E-state index is 0.191. The molecule has 0 nitrogen and oxygen atoms in total. The molecule has 4 rings (SSSR count). The Kier molecular flexibility index (Phi) is 7.12. The van der Waals surface area contributed by atoms with Crippen molar-refractivity contribution in [3.63, 3.8) is 0 Å². The molecule has 2 heterocycles. The van der Waals surface area contributed by atoms with Crippen LogP contribution in [0.3, 0.4) is 0 Å². The maximum absolute atomic E-state index is 2.28. The lowest BCUT2D eigenvalue weighted by Crippen LogP contribution is -2.10. The normalized spacial score (nSPS) is 12.8. The fraction of sp³-hybridized carbons (Fsp3) is 0.250. The number of thiophene rings is 2. The van der Waals surface area contributed by atoms with E-state index in [2.05, 4.69) is 137 Å². The summed E-state index contributed by atoms with van der Waals surface area (Å²) in [5.41, 5.74) is 8.17. The van der Waals surface area contributed by atoms with Gasteiger partial charge in [0.2, 0.25) is 0 Å². The van der Waals surface area contributed by atoms with Gasteiger partial charge in [0.25, 0.3) is 0 Å². The lowest BCUT2D eigenvalue weighted by molar-refractivity contribution is 0.590. The molecule has 0 atom stereocenters. The van der Waals surface area contributed by atoms with Crippen LogP contribution in [0, 0.1) is 0 Å². The second-order valence-corrected chi connectivity index (χ2v) is 12.8. The molecule has 0 aliphatic carbocycles. The molecule has 0 bridgehead atoms. The van der Waals surface area contributed by atoms with Crippen molar-refractivity contribution in [2.24, 2.45) is 0 Å². The fourth-order valence-corrected chi connectivity index (χ4v) is 5.35. The summed E-state index contributed by atoms with van der Waals surface area (Å²) < 4.78 is 0. The first-order valence-corrected chi connectivity index (χ1v) is 13.6. The van der Waals surface area contributed by atoms with Gasteiger partial charge in [0.1, 0.15) is 0 Å². The maximum atomic E-state index is 2.28. The van der Waals surface area contributed by atoms with Crippen molar-refractivity contribution in [3.05, 3.63) is 103 Å². The Morgan fingerprint density at radius 2 is 0.853 bits per heavy atom. The highest BCUT2D eigenvalue weighted by Gasteiger charge is 2.13. The van der Waals surface area contributed by atoms with Crippen molar-refractivity contribution in [2.45, 2.75) is 52.4 Å². The number of hydrogen-bond acceptors (Lipinski definition) is 2. The van der Waals surface area contributed by atoms with Crippen molar-refractivity contribution in [3.8, 4) is 11.1 Å². The first-order valence-electron chi connectivity index (χ1n) is 11.8. The standard InChI is InChI=1S/C32H34S2/c1-31(2,3)27-13-7-23(8-14-27)11-17-29-19-25(21-33-29)26-20-30(34-22-26)18-12-24-9-15-28(16-10-24)32(4,5)6/h7-22H,1-6H3. The molecule has 0 amide bonds. The van der Waals surface area contributed by atoms with Crippen molar-refractivity contribution in [1.29, 1.82) is 0 Å². The van der Waals surface area contributed by atoms with Gasteiger partial charge >= 0.3 is 0 Å². The Morgan fingerprint density at radius 3 is 1.18 bits per heavy atom. The first-order chi connectivity index (χ1) is 16.1. The molecule has 2 aromatic carbocycles. The number of hydrogen-bond donors (Lipinski definition) is 0. The molecule has 34 heavy (non-hydrogen) atoms. The zero-order valence-electron chi connectivity index (χ0n) is 21.1. The van der Waals surface area contributed by atoms with Gasteiger partial charge in [0.05, 0.1) is 0 Å². The van der Waals surface area contributed by atoms with E-state index >= 15 is 0 Å². The van der Waals surface area contributed by atoms with Gasteiger partial charge in [-0.3, -0.25) is 0 Å². The molecule has 0 radical (unpaired) electrons. The van der Waals surface area contributed by atoms with Crippen molar-refractivity contribution < 1.29 is 0 Å². The van der Waals surface area contributed by atoms with Crippen molar-refractivity contribution >= 4 is 47.0 Å². The number of rotatable bonds is 5. The summed E-state index contributed by atoms with van der Waals surface area (Å²) in [4.78, 5) is 2.55. The van der Waals surface area contributed by atoms with E-state index < -0.39 is 0 Å².